The van der Waals surface area contributed by atoms with Gasteiger partial charge in [-0.25, -0.2) is 9.97 Å². The highest BCUT2D eigenvalue weighted by atomic mass is 32.1. The molecule has 0 bridgehead atoms. The van der Waals surface area contributed by atoms with Gasteiger partial charge in [0.25, 0.3) is 0 Å². The molecular weight excluding hydrogens is 286 g/mol. The van der Waals surface area contributed by atoms with E-state index >= 15 is 0 Å². The summed E-state index contributed by atoms with van der Waals surface area (Å²) in [5.41, 5.74) is 10.1. The van der Waals surface area contributed by atoms with Crippen molar-refractivity contribution in [3.63, 3.8) is 0 Å². The Morgan fingerprint density at radius 1 is 0.900 bits per heavy atom. The summed E-state index contributed by atoms with van der Waals surface area (Å²) < 4.78 is 2.32. The second-order valence-electron chi connectivity index (χ2n) is 4.72. The molecule has 0 saturated carbocycles. The molecule has 4 rings (SSSR count). The molecule has 0 aliphatic rings. The summed E-state index contributed by atoms with van der Waals surface area (Å²) in [5.74, 6) is 0. The predicted molar refractivity (Wildman–Crippen MR) is 87.4 cm³/mol. The summed E-state index contributed by atoms with van der Waals surface area (Å²) >= 11 is 3.23. The molecule has 0 atom stereocenters. The van der Waals surface area contributed by atoms with E-state index in [0.717, 1.165) is 26.3 Å². The molecule has 0 unspecified atom stereocenters. The zero-order chi connectivity index (χ0) is 13.7. The van der Waals surface area contributed by atoms with E-state index in [9.17, 15) is 0 Å². The fourth-order valence-corrected chi connectivity index (χ4v) is 3.95. The molecule has 20 heavy (non-hydrogen) atoms. The molecular formula is C15H11N3S2. The van der Waals surface area contributed by atoms with Crippen LogP contribution in [0.25, 0.3) is 31.0 Å². The second-order valence-corrected chi connectivity index (χ2v) is 6.82. The predicted octanol–water partition coefficient (Wildman–Crippen LogP) is 4.46. The molecule has 2 aromatic carbocycles. The number of aryl methyl sites for hydroxylation is 1. The molecule has 0 fully saturated rings. The largest absolute Gasteiger partial charge is 0.375 e. The van der Waals surface area contributed by atoms with Crippen LogP contribution in [0.4, 0.5) is 5.13 Å². The van der Waals surface area contributed by atoms with E-state index in [1.165, 1.54) is 21.6 Å². The second kappa shape index (κ2) is 4.26. The van der Waals surface area contributed by atoms with E-state index in [0.29, 0.717) is 5.13 Å². The maximum Gasteiger partial charge on any atom is 0.181 e. The number of nitrogens with zero attached hydrogens (tertiary/aromatic N) is 2. The van der Waals surface area contributed by atoms with Crippen LogP contribution in [0.5, 0.6) is 0 Å². The van der Waals surface area contributed by atoms with Crippen LogP contribution in [-0.4, -0.2) is 9.97 Å². The highest BCUT2D eigenvalue weighted by molar-refractivity contribution is 7.22. The molecule has 0 aliphatic carbocycles. The number of hydrogen-bond donors (Lipinski definition) is 1. The summed E-state index contributed by atoms with van der Waals surface area (Å²) in [6, 6.07) is 12.6. The molecule has 0 saturated heterocycles. The van der Waals surface area contributed by atoms with Crippen LogP contribution in [0.3, 0.4) is 0 Å². The van der Waals surface area contributed by atoms with E-state index in [2.05, 4.69) is 42.2 Å². The maximum absolute atomic E-state index is 5.75. The summed E-state index contributed by atoms with van der Waals surface area (Å²) in [4.78, 5) is 9.01. The lowest BCUT2D eigenvalue weighted by molar-refractivity contribution is 1.44. The number of anilines is 1. The van der Waals surface area contributed by atoms with E-state index in [4.69, 9.17) is 10.7 Å². The summed E-state index contributed by atoms with van der Waals surface area (Å²) in [5, 5.41) is 1.65. The van der Waals surface area contributed by atoms with Crippen LogP contribution in [0.1, 0.15) is 5.56 Å². The van der Waals surface area contributed by atoms with Crippen molar-refractivity contribution < 1.29 is 0 Å². The molecule has 5 heteroatoms. The van der Waals surface area contributed by atoms with Crippen molar-refractivity contribution in [2.75, 3.05) is 5.73 Å². The average molecular weight is 297 g/mol. The van der Waals surface area contributed by atoms with E-state index in [1.54, 1.807) is 11.3 Å². The number of fused-ring (bicyclic) bond motifs is 2. The summed E-state index contributed by atoms with van der Waals surface area (Å²) in [6.07, 6.45) is 0. The third-order valence-electron chi connectivity index (χ3n) is 3.19. The third kappa shape index (κ3) is 1.87. The van der Waals surface area contributed by atoms with Gasteiger partial charge in [-0.1, -0.05) is 17.4 Å². The van der Waals surface area contributed by atoms with Crippen LogP contribution in [0.15, 0.2) is 36.4 Å². The van der Waals surface area contributed by atoms with Crippen molar-refractivity contribution in [1.29, 1.82) is 0 Å². The quantitative estimate of drug-likeness (QED) is 0.564. The maximum atomic E-state index is 5.75. The number of rotatable bonds is 1. The minimum atomic E-state index is 0.608. The Hall–Kier alpha value is -1.98. The van der Waals surface area contributed by atoms with Gasteiger partial charge in [0.15, 0.2) is 5.13 Å². The molecule has 0 radical (unpaired) electrons. The van der Waals surface area contributed by atoms with Gasteiger partial charge < -0.3 is 5.73 Å². The lowest BCUT2D eigenvalue weighted by atomic mass is 10.2. The fourth-order valence-electron chi connectivity index (χ4n) is 2.24. The number of aromatic nitrogens is 2. The van der Waals surface area contributed by atoms with Crippen molar-refractivity contribution in [2.24, 2.45) is 0 Å². The average Bonchev–Trinajstić information content (AvgIpc) is 2.99. The molecule has 3 nitrogen and oxygen atoms in total. The molecule has 2 aromatic heterocycles. The molecule has 98 valence electrons. The van der Waals surface area contributed by atoms with Gasteiger partial charge in [-0.3, -0.25) is 0 Å². The van der Waals surface area contributed by atoms with Crippen molar-refractivity contribution in [3.05, 3.63) is 42.0 Å². The van der Waals surface area contributed by atoms with Gasteiger partial charge in [-0.05, 0) is 42.8 Å². The van der Waals surface area contributed by atoms with Crippen molar-refractivity contribution >= 4 is 48.2 Å². The van der Waals surface area contributed by atoms with Crippen LogP contribution in [0.2, 0.25) is 0 Å². The first-order valence-electron chi connectivity index (χ1n) is 6.23. The number of benzene rings is 2. The van der Waals surface area contributed by atoms with Crippen molar-refractivity contribution in [2.45, 2.75) is 6.92 Å². The van der Waals surface area contributed by atoms with E-state index in [1.807, 2.05) is 6.07 Å². The molecule has 2 N–H and O–H groups in total. The Morgan fingerprint density at radius 2 is 1.80 bits per heavy atom. The summed E-state index contributed by atoms with van der Waals surface area (Å²) in [7, 11) is 0. The molecule has 2 heterocycles. The zero-order valence-electron chi connectivity index (χ0n) is 10.8. The number of thiazole rings is 2. The number of nitrogen functional groups attached to an aromatic ring is 1. The molecule has 0 amide bonds. The van der Waals surface area contributed by atoms with Gasteiger partial charge in [-0.2, -0.15) is 0 Å². The topological polar surface area (TPSA) is 51.8 Å². The smallest absolute Gasteiger partial charge is 0.181 e. The van der Waals surface area contributed by atoms with E-state index in [-0.39, 0.29) is 0 Å². The van der Waals surface area contributed by atoms with Gasteiger partial charge in [0.1, 0.15) is 5.01 Å². The minimum Gasteiger partial charge on any atom is -0.375 e. The fraction of sp³-hybridized carbons (Fsp3) is 0.0667. The molecule has 0 spiro atoms. The van der Waals surface area contributed by atoms with Crippen LogP contribution >= 0.6 is 22.7 Å². The highest BCUT2D eigenvalue weighted by Crippen LogP contribution is 2.33. The Morgan fingerprint density at radius 3 is 2.70 bits per heavy atom. The monoisotopic (exact) mass is 297 g/mol. The minimum absolute atomic E-state index is 0.608. The van der Waals surface area contributed by atoms with Gasteiger partial charge in [-0.15, -0.1) is 11.3 Å². The Labute approximate surface area is 123 Å². The first kappa shape index (κ1) is 11.8. The van der Waals surface area contributed by atoms with E-state index < -0.39 is 0 Å². The highest BCUT2D eigenvalue weighted by Gasteiger charge is 2.08. The van der Waals surface area contributed by atoms with Crippen LogP contribution in [0, 0.1) is 6.92 Å². The van der Waals surface area contributed by atoms with Gasteiger partial charge in [0, 0.05) is 5.56 Å². The Balaban J connectivity index is 1.90. The Bertz CT molecular complexity index is 937. The number of hydrogen-bond acceptors (Lipinski definition) is 5. The van der Waals surface area contributed by atoms with Gasteiger partial charge in [0.05, 0.1) is 20.4 Å². The summed E-state index contributed by atoms with van der Waals surface area (Å²) in [6.45, 7) is 2.09. The standard InChI is InChI=1S/C15H11N3S2/c1-8-2-5-12-11(6-8)17-14(19-12)9-3-4-10-13(7-9)20-15(16)18-10/h2-7H,1H3,(H2,16,18). The lowest BCUT2D eigenvalue weighted by Gasteiger charge is -1.94. The lowest BCUT2D eigenvalue weighted by Crippen LogP contribution is -1.79. The zero-order valence-corrected chi connectivity index (χ0v) is 12.4. The third-order valence-corrected chi connectivity index (χ3v) is 5.13. The first-order chi connectivity index (χ1) is 9.69. The van der Waals surface area contributed by atoms with Gasteiger partial charge in [0.2, 0.25) is 0 Å². The van der Waals surface area contributed by atoms with Crippen molar-refractivity contribution in [3.8, 4) is 10.6 Å². The SMILES string of the molecule is Cc1ccc2sc(-c3ccc4nc(N)sc4c3)nc2c1. The van der Waals surface area contributed by atoms with Crippen LogP contribution in [-0.2, 0) is 0 Å². The molecule has 0 aliphatic heterocycles. The molecule has 4 aromatic rings. The normalized spacial score (nSPS) is 11.4. The van der Waals surface area contributed by atoms with Crippen molar-refractivity contribution in [1.82, 2.24) is 9.97 Å². The number of nitrogens with two attached hydrogens (primary N) is 1. The Kier molecular flexibility index (Phi) is 2.52. The van der Waals surface area contributed by atoms with Crippen LogP contribution < -0.4 is 5.73 Å². The van der Waals surface area contributed by atoms with Gasteiger partial charge >= 0.3 is 0 Å². The first-order valence-corrected chi connectivity index (χ1v) is 7.86.